The molecule has 7 nitrogen and oxygen atoms in total. The number of halogens is 1. The van der Waals surface area contributed by atoms with Crippen LogP contribution in [0.1, 0.15) is 18.1 Å². The second-order valence-corrected chi connectivity index (χ2v) is 7.67. The van der Waals surface area contributed by atoms with E-state index in [1.54, 1.807) is 25.1 Å². The number of hydrogen-bond donors (Lipinski definition) is 2. The minimum atomic E-state index is -0.459. The molecular weight excluding hydrogens is 474 g/mol. The smallest absolute Gasteiger partial charge is 0.344 e. The fourth-order valence-electron chi connectivity index (χ4n) is 3.12. The van der Waals surface area contributed by atoms with Crippen LogP contribution in [0.2, 0.25) is 0 Å². The summed E-state index contributed by atoms with van der Waals surface area (Å²) >= 11 is 3.38. The fourth-order valence-corrected chi connectivity index (χ4v) is 3.63. The number of nitrogens with one attached hydrogen (secondary N) is 2. The highest BCUT2D eigenvalue weighted by Crippen LogP contribution is 2.27. The van der Waals surface area contributed by atoms with Crippen LogP contribution in [-0.4, -0.2) is 36.6 Å². The van der Waals surface area contributed by atoms with Crippen LogP contribution >= 0.6 is 15.9 Å². The maximum atomic E-state index is 12.5. The van der Waals surface area contributed by atoms with Gasteiger partial charge in [-0.3, -0.25) is 4.79 Å². The molecule has 164 valence electrons. The lowest BCUT2D eigenvalue weighted by molar-refractivity contribution is -0.145. The fraction of sp³-hybridized carbons (Fsp3) is 0.208. The maximum absolute atomic E-state index is 12.5. The van der Waals surface area contributed by atoms with Crippen LogP contribution in [0, 0.1) is 11.3 Å². The Morgan fingerprint density at radius 3 is 2.81 bits per heavy atom. The summed E-state index contributed by atoms with van der Waals surface area (Å²) in [7, 11) is 0. The second-order valence-electron chi connectivity index (χ2n) is 6.82. The van der Waals surface area contributed by atoms with Crippen molar-refractivity contribution in [2.75, 3.05) is 19.8 Å². The Morgan fingerprint density at radius 1 is 1.25 bits per heavy atom. The monoisotopic (exact) mass is 495 g/mol. The molecule has 0 fully saturated rings. The van der Waals surface area contributed by atoms with Crippen molar-refractivity contribution < 1.29 is 19.1 Å². The lowest BCUT2D eigenvalue weighted by atomic mass is 10.1. The molecule has 3 aromatic rings. The molecule has 32 heavy (non-hydrogen) atoms. The summed E-state index contributed by atoms with van der Waals surface area (Å²) in [6.45, 7) is 2.21. The van der Waals surface area contributed by atoms with Gasteiger partial charge in [-0.15, -0.1) is 0 Å². The van der Waals surface area contributed by atoms with Gasteiger partial charge in [0.05, 0.1) is 11.1 Å². The van der Waals surface area contributed by atoms with Crippen LogP contribution in [0.5, 0.6) is 5.75 Å². The molecule has 8 heteroatoms. The van der Waals surface area contributed by atoms with Crippen molar-refractivity contribution in [3.63, 3.8) is 0 Å². The number of aromatic nitrogens is 1. The van der Waals surface area contributed by atoms with Gasteiger partial charge in [-0.2, -0.15) is 5.26 Å². The number of para-hydroxylation sites is 1. The van der Waals surface area contributed by atoms with Crippen molar-refractivity contribution in [3.8, 4) is 11.8 Å². The number of fused-ring (bicyclic) bond motifs is 1. The molecule has 0 radical (unpaired) electrons. The Labute approximate surface area is 194 Å². The molecule has 0 atom stereocenters. The number of amides is 1. The number of nitriles is 1. The first-order chi connectivity index (χ1) is 15.5. The van der Waals surface area contributed by atoms with E-state index in [-0.39, 0.29) is 18.8 Å². The standard InChI is InChI=1S/C24H22BrN3O4/c1-2-31-23(29)15-32-22-8-7-16(12-20(22)25)11-18(13-26)24(30)27-10-9-17-14-28-21-6-4-3-5-19(17)21/h3-8,11-12,14,28H,2,9-10,15H2,1H3,(H,27,30)/b18-11-. The molecule has 0 unspecified atom stereocenters. The summed E-state index contributed by atoms with van der Waals surface area (Å²) in [5, 5.41) is 13.3. The van der Waals surface area contributed by atoms with Gasteiger partial charge in [0.1, 0.15) is 17.4 Å². The number of ether oxygens (including phenoxy) is 2. The Bertz CT molecular complexity index is 1190. The molecule has 0 aliphatic heterocycles. The van der Waals surface area contributed by atoms with E-state index < -0.39 is 11.9 Å². The number of benzene rings is 2. The van der Waals surface area contributed by atoms with Gasteiger partial charge in [-0.25, -0.2) is 4.79 Å². The summed E-state index contributed by atoms with van der Waals surface area (Å²) in [6.07, 6.45) is 4.08. The Hall–Kier alpha value is -3.57. The minimum Gasteiger partial charge on any atom is -0.481 e. The lowest BCUT2D eigenvalue weighted by Gasteiger charge is -2.08. The quantitative estimate of drug-likeness (QED) is 0.263. The number of aromatic amines is 1. The van der Waals surface area contributed by atoms with Gasteiger partial charge in [0.2, 0.25) is 0 Å². The summed E-state index contributed by atoms with van der Waals surface area (Å²) in [4.78, 5) is 27.1. The average Bonchev–Trinajstić information content (AvgIpc) is 3.20. The molecule has 0 aliphatic carbocycles. The number of carbonyl (C=O) groups is 2. The zero-order chi connectivity index (χ0) is 22.9. The lowest BCUT2D eigenvalue weighted by Crippen LogP contribution is -2.26. The average molecular weight is 496 g/mol. The Morgan fingerprint density at radius 2 is 2.06 bits per heavy atom. The molecule has 0 spiro atoms. The summed E-state index contributed by atoms with van der Waals surface area (Å²) in [5.74, 6) is -0.442. The van der Waals surface area contributed by atoms with Crippen molar-refractivity contribution in [3.05, 3.63) is 69.8 Å². The number of carbonyl (C=O) groups excluding carboxylic acids is 2. The predicted octanol–water partition coefficient (Wildman–Crippen LogP) is 4.14. The molecule has 0 bridgehead atoms. The zero-order valence-electron chi connectivity index (χ0n) is 17.5. The van der Waals surface area contributed by atoms with Gasteiger partial charge in [-0.1, -0.05) is 24.3 Å². The number of esters is 1. The minimum absolute atomic E-state index is 0.00369. The third kappa shape index (κ3) is 5.99. The third-order valence-corrected chi connectivity index (χ3v) is 5.26. The van der Waals surface area contributed by atoms with Gasteiger partial charge in [0.15, 0.2) is 6.61 Å². The van der Waals surface area contributed by atoms with Gasteiger partial charge in [0.25, 0.3) is 5.91 Å². The van der Waals surface area contributed by atoms with Crippen LogP contribution in [0.15, 0.2) is 58.7 Å². The van der Waals surface area contributed by atoms with E-state index >= 15 is 0 Å². The first-order valence-corrected chi connectivity index (χ1v) is 10.8. The van der Waals surface area contributed by atoms with Crippen LogP contribution < -0.4 is 10.1 Å². The summed E-state index contributed by atoms with van der Waals surface area (Å²) < 4.78 is 10.8. The van der Waals surface area contributed by atoms with Crippen molar-refractivity contribution in [1.29, 1.82) is 5.26 Å². The third-order valence-electron chi connectivity index (χ3n) is 4.64. The first kappa shape index (κ1) is 23.1. The first-order valence-electron chi connectivity index (χ1n) is 10.0. The van der Waals surface area contributed by atoms with Gasteiger partial charge >= 0.3 is 5.97 Å². The van der Waals surface area contributed by atoms with Crippen LogP contribution in [-0.2, 0) is 20.7 Å². The topological polar surface area (TPSA) is 104 Å². The van der Waals surface area contributed by atoms with E-state index in [2.05, 4.69) is 26.2 Å². The molecule has 2 aromatic carbocycles. The van der Waals surface area contributed by atoms with Crippen molar-refractivity contribution in [1.82, 2.24) is 10.3 Å². The summed E-state index contributed by atoms with van der Waals surface area (Å²) in [6, 6.07) is 15.0. The van der Waals surface area contributed by atoms with E-state index in [0.717, 1.165) is 16.5 Å². The molecule has 1 heterocycles. The van der Waals surface area contributed by atoms with E-state index in [0.29, 0.717) is 28.8 Å². The van der Waals surface area contributed by atoms with Crippen LogP contribution in [0.3, 0.4) is 0 Å². The zero-order valence-corrected chi connectivity index (χ0v) is 19.1. The van der Waals surface area contributed by atoms with Gasteiger partial charge in [-0.05, 0) is 64.7 Å². The number of rotatable bonds is 9. The van der Waals surface area contributed by atoms with Crippen molar-refractivity contribution in [2.24, 2.45) is 0 Å². The largest absolute Gasteiger partial charge is 0.481 e. The SMILES string of the molecule is CCOC(=O)COc1ccc(/C=C(/C#N)C(=O)NCCc2c[nH]c3ccccc23)cc1Br. The van der Waals surface area contributed by atoms with Crippen molar-refractivity contribution >= 4 is 44.8 Å². The van der Waals surface area contributed by atoms with E-state index in [1.165, 1.54) is 6.08 Å². The molecular formula is C24H22BrN3O4. The number of nitrogens with zero attached hydrogens (tertiary/aromatic N) is 1. The van der Waals surface area contributed by atoms with Crippen molar-refractivity contribution in [2.45, 2.75) is 13.3 Å². The van der Waals surface area contributed by atoms with Crippen LogP contribution in [0.25, 0.3) is 17.0 Å². The van der Waals surface area contributed by atoms with E-state index in [4.69, 9.17) is 9.47 Å². The van der Waals surface area contributed by atoms with Gasteiger partial charge < -0.3 is 19.8 Å². The number of hydrogen-bond acceptors (Lipinski definition) is 5. The molecule has 2 N–H and O–H groups in total. The Balaban J connectivity index is 1.59. The van der Waals surface area contributed by atoms with Crippen LogP contribution in [0.4, 0.5) is 0 Å². The normalized spacial score (nSPS) is 11.1. The molecule has 0 saturated carbocycles. The second kappa shape index (κ2) is 11.2. The maximum Gasteiger partial charge on any atom is 0.344 e. The predicted molar refractivity (Wildman–Crippen MR) is 125 cm³/mol. The van der Waals surface area contributed by atoms with E-state index in [9.17, 15) is 14.9 Å². The molecule has 3 rings (SSSR count). The summed E-state index contributed by atoms with van der Waals surface area (Å²) in [5.41, 5.74) is 2.79. The van der Waals surface area contributed by atoms with Gasteiger partial charge in [0, 0.05) is 23.6 Å². The number of H-pyrrole nitrogens is 1. The highest BCUT2D eigenvalue weighted by atomic mass is 79.9. The van der Waals surface area contributed by atoms with E-state index in [1.807, 2.05) is 36.5 Å². The molecule has 0 saturated heterocycles. The molecule has 1 aromatic heterocycles. The molecule has 0 aliphatic rings. The molecule has 1 amide bonds. The highest BCUT2D eigenvalue weighted by Gasteiger charge is 2.11. The Kier molecular flexibility index (Phi) is 8.06. The highest BCUT2D eigenvalue weighted by molar-refractivity contribution is 9.10.